The number of carbonyl (C=O) groups is 1. The van der Waals surface area contributed by atoms with Gasteiger partial charge >= 0.3 is 5.97 Å². The first kappa shape index (κ1) is 30.5. The molecular formula is C31H30ClNO6S2. The van der Waals surface area contributed by atoms with E-state index in [0.29, 0.717) is 27.3 Å². The highest BCUT2D eigenvalue weighted by Gasteiger charge is 2.28. The van der Waals surface area contributed by atoms with Gasteiger partial charge in [-0.15, -0.1) is 0 Å². The van der Waals surface area contributed by atoms with Crippen molar-refractivity contribution in [1.29, 1.82) is 0 Å². The second-order valence-corrected chi connectivity index (χ2v) is 14.3. The molecule has 214 valence electrons. The Morgan fingerprint density at radius 2 is 1.37 bits per heavy atom. The molecule has 0 unspecified atom stereocenters. The van der Waals surface area contributed by atoms with E-state index in [0.717, 1.165) is 16.7 Å². The van der Waals surface area contributed by atoms with Crippen LogP contribution in [0.25, 0.3) is 11.1 Å². The Hall–Kier alpha value is -3.50. The molecule has 7 nitrogen and oxygen atoms in total. The van der Waals surface area contributed by atoms with Gasteiger partial charge in [0.1, 0.15) is 0 Å². The molecule has 0 saturated heterocycles. The number of sulfone groups is 1. The zero-order valence-electron chi connectivity index (χ0n) is 22.8. The highest BCUT2D eigenvalue weighted by atomic mass is 35.5. The van der Waals surface area contributed by atoms with Crippen molar-refractivity contribution in [3.63, 3.8) is 0 Å². The molecule has 1 N–H and O–H groups in total. The molecule has 0 heterocycles. The van der Waals surface area contributed by atoms with Gasteiger partial charge < -0.3 is 5.11 Å². The number of hydrogen-bond donors (Lipinski definition) is 1. The summed E-state index contributed by atoms with van der Waals surface area (Å²) in [5, 5.41) is 9.46. The van der Waals surface area contributed by atoms with Gasteiger partial charge in [0.25, 0.3) is 0 Å². The van der Waals surface area contributed by atoms with Gasteiger partial charge in [-0.05, 0) is 78.4 Å². The number of aliphatic carboxylic acids is 1. The lowest BCUT2D eigenvalue weighted by Gasteiger charge is -2.25. The van der Waals surface area contributed by atoms with Crippen molar-refractivity contribution in [2.45, 2.75) is 43.7 Å². The second-order valence-electron chi connectivity index (χ2n) is 10.0. The number of rotatable bonds is 10. The van der Waals surface area contributed by atoms with Crippen LogP contribution in [0, 0.1) is 20.8 Å². The van der Waals surface area contributed by atoms with Crippen LogP contribution >= 0.6 is 11.6 Å². The zero-order valence-corrected chi connectivity index (χ0v) is 25.2. The number of hydrogen-bond acceptors (Lipinski definition) is 5. The summed E-state index contributed by atoms with van der Waals surface area (Å²) in [6.07, 6.45) is 0. The molecule has 0 amide bonds. The van der Waals surface area contributed by atoms with Crippen molar-refractivity contribution in [3.05, 3.63) is 118 Å². The molecule has 0 aliphatic heterocycles. The number of halogens is 1. The third-order valence-electron chi connectivity index (χ3n) is 6.60. The Morgan fingerprint density at radius 3 is 1.98 bits per heavy atom. The summed E-state index contributed by atoms with van der Waals surface area (Å²) < 4.78 is 54.4. The Kier molecular flexibility index (Phi) is 9.03. The molecule has 10 heteroatoms. The van der Waals surface area contributed by atoms with Gasteiger partial charge in [0.2, 0.25) is 10.0 Å². The summed E-state index contributed by atoms with van der Waals surface area (Å²) in [5.41, 5.74) is 5.11. The van der Waals surface area contributed by atoms with E-state index >= 15 is 0 Å². The first-order chi connectivity index (χ1) is 19.3. The monoisotopic (exact) mass is 611 g/mol. The Bertz CT molecular complexity index is 1790. The molecule has 4 rings (SSSR count). The first-order valence-electron chi connectivity index (χ1n) is 12.7. The van der Waals surface area contributed by atoms with Crippen LogP contribution in [0.3, 0.4) is 0 Å². The number of aryl methyl sites for hydroxylation is 3. The fourth-order valence-electron chi connectivity index (χ4n) is 4.89. The van der Waals surface area contributed by atoms with Crippen LogP contribution in [0.2, 0.25) is 5.02 Å². The normalized spacial score (nSPS) is 12.0. The van der Waals surface area contributed by atoms with Crippen LogP contribution in [-0.2, 0) is 37.7 Å². The molecule has 0 aliphatic rings. The summed E-state index contributed by atoms with van der Waals surface area (Å²) in [6, 6.07) is 24.1. The third-order valence-corrected chi connectivity index (χ3v) is 10.5. The number of carboxylic acid groups (broad SMARTS) is 1. The summed E-state index contributed by atoms with van der Waals surface area (Å²) in [4.78, 5) is 11.2. The summed E-state index contributed by atoms with van der Waals surface area (Å²) in [6.45, 7) is 5.73. The zero-order chi connectivity index (χ0) is 29.9. The molecule has 0 radical (unpaired) electrons. The molecule has 0 aromatic heterocycles. The topological polar surface area (TPSA) is 109 Å². The summed E-state index contributed by atoms with van der Waals surface area (Å²) in [5.74, 6) is -2.42. The predicted octanol–water partition coefficient (Wildman–Crippen LogP) is 6.18. The Morgan fingerprint density at radius 1 is 0.756 bits per heavy atom. The minimum absolute atomic E-state index is 0.0795. The average molecular weight is 612 g/mol. The Balaban J connectivity index is 1.68. The predicted molar refractivity (Wildman–Crippen MR) is 160 cm³/mol. The van der Waals surface area contributed by atoms with Crippen LogP contribution in [0.4, 0.5) is 0 Å². The molecule has 0 spiro atoms. The molecule has 4 aromatic rings. The number of carboxylic acids is 1. The maximum Gasteiger partial charge on any atom is 0.319 e. The van der Waals surface area contributed by atoms with E-state index in [-0.39, 0.29) is 22.9 Å². The van der Waals surface area contributed by atoms with Crippen LogP contribution < -0.4 is 0 Å². The molecule has 0 fully saturated rings. The van der Waals surface area contributed by atoms with Crippen molar-refractivity contribution in [1.82, 2.24) is 4.31 Å². The molecule has 4 aromatic carbocycles. The largest absolute Gasteiger partial charge is 0.480 e. The van der Waals surface area contributed by atoms with Crippen molar-refractivity contribution in [2.75, 3.05) is 5.75 Å². The number of sulfonamides is 1. The van der Waals surface area contributed by atoms with Gasteiger partial charge in [0, 0.05) is 18.1 Å². The smallest absolute Gasteiger partial charge is 0.319 e. The first-order valence-corrected chi connectivity index (χ1v) is 16.2. The Labute approximate surface area is 246 Å². The highest BCUT2D eigenvalue weighted by Crippen LogP contribution is 2.29. The van der Waals surface area contributed by atoms with E-state index in [1.807, 2.05) is 25.1 Å². The second kappa shape index (κ2) is 12.2. The van der Waals surface area contributed by atoms with Crippen LogP contribution in [0.15, 0.2) is 94.7 Å². The van der Waals surface area contributed by atoms with Crippen LogP contribution in [-0.4, -0.2) is 38.0 Å². The van der Waals surface area contributed by atoms with Gasteiger partial charge in [-0.2, -0.15) is 4.31 Å². The van der Waals surface area contributed by atoms with Gasteiger partial charge in [-0.1, -0.05) is 77.8 Å². The van der Waals surface area contributed by atoms with E-state index in [2.05, 4.69) is 0 Å². The molecule has 0 saturated carbocycles. The lowest BCUT2D eigenvalue weighted by Crippen LogP contribution is -2.31. The fourth-order valence-corrected chi connectivity index (χ4v) is 8.01. The maximum atomic E-state index is 14.1. The fraction of sp³-hybridized carbons (Fsp3) is 0.194. The minimum Gasteiger partial charge on any atom is -0.480 e. The molecular weight excluding hydrogens is 582 g/mol. The van der Waals surface area contributed by atoms with Crippen molar-refractivity contribution < 1.29 is 26.7 Å². The number of nitrogens with zero attached hydrogens (tertiary/aromatic N) is 1. The average Bonchev–Trinajstić information content (AvgIpc) is 2.87. The van der Waals surface area contributed by atoms with E-state index in [1.165, 1.54) is 16.4 Å². The lowest BCUT2D eigenvalue weighted by molar-refractivity contribution is -0.134. The summed E-state index contributed by atoms with van der Waals surface area (Å²) in [7, 11) is -7.89. The molecule has 0 aliphatic carbocycles. The quantitative estimate of drug-likeness (QED) is 0.229. The summed E-state index contributed by atoms with van der Waals surface area (Å²) >= 11 is 6.19. The van der Waals surface area contributed by atoms with Crippen LogP contribution in [0.5, 0.6) is 0 Å². The van der Waals surface area contributed by atoms with E-state index in [9.17, 15) is 21.6 Å². The van der Waals surface area contributed by atoms with Crippen LogP contribution in [0.1, 0.15) is 27.8 Å². The van der Waals surface area contributed by atoms with E-state index in [1.54, 1.807) is 68.4 Å². The lowest BCUT2D eigenvalue weighted by atomic mass is 10.0. The van der Waals surface area contributed by atoms with Gasteiger partial charge in [-0.25, -0.2) is 16.8 Å². The number of benzene rings is 4. The van der Waals surface area contributed by atoms with E-state index in [4.69, 9.17) is 16.7 Å². The SMILES string of the molecule is Cc1cc(C)c(S(=O)(=O)N(Cc2ccc(-c3cccc(S(=O)(=O)CC(=O)O)c3)cc2)Cc2cccc(Cl)c2)c(C)c1. The van der Waals surface area contributed by atoms with E-state index < -0.39 is 31.6 Å². The van der Waals surface area contributed by atoms with Gasteiger partial charge in [0.15, 0.2) is 15.6 Å². The molecule has 0 atom stereocenters. The van der Waals surface area contributed by atoms with Crippen molar-refractivity contribution >= 4 is 37.4 Å². The minimum atomic E-state index is -3.98. The highest BCUT2D eigenvalue weighted by molar-refractivity contribution is 7.92. The van der Waals surface area contributed by atoms with Crippen molar-refractivity contribution in [2.24, 2.45) is 0 Å². The maximum absolute atomic E-state index is 14.1. The standard InChI is InChI=1S/C31H30ClNO6S2/c1-21-14-22(2)31(23(3)15-21)41(38,39)33(19-25-6-4-8-28(32)16-25)18-24-10-12-26(13-11-24)27-7-5-9-29(17-27)40(36,37)20-30(34)35/h4-17H,18-20H2,1-3H3,(H,34,35). The van der Waals surface area contributed by atoms with Crippen molar-refractivity contribution in [3.8, 4) is 11.1 Å². The third kappa shape index (κ3) is 7.23. The molecule has 0 bridgehead atoms. The van der Waals surface area contributed by atoms with Gasteiger partial charge in [0.05, 0.1) is 9.79 Å². The molecule has 41 heavy (non-hydrogen) atoms. The van der Waals surface area contributed by atoms with Gasteiger partial charge in [-0.3, -0.25) is 4.79 Å².